The normalized spacial score (nSPS) is 12.1. The Hall–Kier alpha value is -5.20. The maximum absolute atomic E-state index is 5.14. The minimum Gasteiger partial charge on any atom is -0.344 e. The summed E-state index contributed by atoms with van der Waals surface area (Å²) in [6, 6.07) is 39.1. The number of thiophene rings is 1. The Bertz CT molecular complexity index is 2520. The molecule has 0 aliphatic rings. The molecule has 0 saturated carbocycles. The van der Waals surface area contributed by atoms with Crippen molar-refractivity contribution in [1.82, 2.24) is 23.7 Å². The van der Waals surface area contributed by atoms with Crippen molar-refractivity contribution in [3.8, 4) is 28.1 Å². The predicted molar refractivity (Wildman–Crippen MR) is 180 cm³/mol. The molecule has 0 aliphatic carbocycles. The molecule has 5 heterocycles. The Morgan fingerprint density at radius 1 is 0.628 bits per heavy atom. The molecule has 0 atom stereocenters. The van der Waals surface area contributed by atoms with Crippen LogP contribution >= 0.6 is 11.3 Å². The van der Waals surface area contributed by atoms with Crippen molar-refractivity contribution in [2.75, 3.05) is 0 Å². The third-order valence-corrected chi connectivity index (χ3v) is 9.76. The number of para-hydroxylation sites is 2. The summed E-state index contributed by atoms with van der Waals surface area (Å²) >= 11 is 1.80. The lowest BCUT2D eigenvalue weighted by Gasteiger charge is -2.08. The lowest BCUT2D eigenvalue weighted by Crippen LogP contribution is -1.97. The van der Waals surface area contributed by atoms with Crippen LogP contribution in [0.5, 0.6) is 0 Å². The molecule has 9 rings (SSSR count). The van der Waals surface area contributed by atoms with Gasteiger partial charge in [-0.25, -0.2) is 9.50 Å². The molecule has 206 valence electrons. The van der Waals surface area contributed by atoms with Gasteiger partial charge in [0.1, 0.15) is 11.3 Å². The molecule has 0 aliphatic heterocycles. The molecule has 43 heavy (non-hydrogen) atoms. The van der Waals surface area contributed by atoms with Crippen molar-refractivity contribution < 1.29 is 0 Å². The highest BCUT2D eigenvalue weighted by Crippen LogP contribution is 2.38. The third-order valence-electron chi connectivity index (χ3n) is 8.72. The predicted octanol–water partition coefficient (Wildman–Crippen LogP) is 9.48. The molecule has 0 N–H and O–H groups in total. The van der Waals surface area contributed by atoms with Gasteiger partial charge in [0.25, 0.3) is 0 Å². The number of hydrogen-bond donors (Lipinski definition) is 0. The van der Waals surface area contributed by atoms with Crippen LogP contribution in [0.25, 0.3) is 76.6 Å². The van der Waals surface area contributed by atoms with Crippen LogP contribution in [-0.4, -0.2) is 23.7 Å². The van der Waals surface area contributed by atoms with Gasteiger partial charge in [0.2, 0.25) is 0 Å². The molecular formula is C37H27N5S. The molecule has 5 nitrogen and oxygen atoms in total. The Morgan fingerprint density at radius 2 is 1.35 bits per heavy atom. The van der Waals surface area contributed by atoms with Crippen molar-refractivity contribution in [3.63, 3.8) is 0 Å². The van der Waals surface area contributed by atoms with Crippen LogP contribution in [-0.2, 0) is 7.05 Å². The van der Waals surface area contributed by atoms with Crippen LogP contribution in [0.15, 0.2) is 109 Å². The first-order chi connectivity index (χ1) is 21.0. The third kappa shape index (κ3) is 3.50. The first-order valence-corrected chi connectivity index (χ1v) is 15.3. The van der Waals surface area contributed by atoms with E-state index in [1.54, 1.807) is 11.3 Å². The van der Waals surface area contributed by atoms with Gasteiger partial charge in [0.05, 0.1) is 26.9 Å². The van der Waals surface area contributed by atoms with Gasteiger partial charge in [-0.05, 0) is 67.4 Å². The number of aryl methyl sites for hydroxylation is 3. The van der Waals surface area contributed by atoms with Crippen LogP contribution in [0.4, 0.5) is 0 Å². The number of pyridine rings is 1. The largest absolute Gasteiger partial charge is 0.344 e. The Labute approximate surface area is 251 Å². The lowest BCUT2D eigenvalue weighted by molar-refractivity contribution is 1.00. The van der Waals surface area contributed by atoms with Gasteiger partial charge >= 0.3 is 0 Å². The van der Waals surface area contributed by atoms with Crippen molar-refractivity contribution in [3.05, 3.63) is 120 Å². The highest BCUT2D eigenvalue weighted by molar-refractivity contribution is 7.19. The number of nitrogens with zero attached hydrogens (tertiary/aromatic N) is 5. The van der Waals surface area contributed by atoms with Gasteiger partial charge in [-0.2, -0.15) is 5.10 Å². The van der Waals surface area contributed by atoms with E-state index in [1.807, 2.05) is 0 Å². The van der Waals surface area contributed by atoms with Gasteiger partial charge in [-0.15, -0.1) is 11.3 Å². The zero-order chi connectivity index (χ0) is 28.8. The van der Waals surface area contributed by atoms with Crippen molar-refractivity contribution in [1.29, 1.82) is 0 Å². The summed E-state index contributed by atoms with van der Waals surface area (Å²) in [5.74, 6) is 0.969. The second kappa shape index (κ2) is 8.90. The van der Waals surface area contributed by atoms with Gasteiger partial charge in [-0.1, -0.05) is 66.7 Å². The smallest absolute Gasteiger partial charge is 0.116 e. The second-order valence-corrected chi connectivity index (χ2v) is 12.6. The van der Waals surface area contributed by atoms with E-state index < -0.39 is 0 Å². The molecule has 9 aromatic rings. The standard InChI is InChI=1S/C37H27N5S/c1-22-19-34-37(43-22)36-35(38-23(2)41(36)27-9-5-4-6-10-27)33-21-30(39-42(33)34)25-15-13-24(14-16-25)26-17-18-32-29(20-26)28-11-7-8-12-31(28)40(32)3/h4-21H,1-3H3. The maximum Gasteiger partial charge on any atom is 0.116 e. The fourth-order valence-electron chi connectivity index (χ4n) is 6.70. The number of benzene rings is 4. The van der Waals surface area contributed by atoms with E-state index in [1.165, 1.54) is 42.5 Å². The van der Waals surface area contributed by atoms with Crippen LogP contribution in [0.1, 0.15) is 10.7 Å². The van der Waals surface area contributed by atoms with Gasteiger partial charge < -0.3 is 4.57 Å². The fourth-order valence-corrected chi connectivity index (χ4v) is 7.72. The molecule has 0 bridgehead atoms. The molecule has 0 spiro atoms. The Balaban J connectivity index is 1.18. The summed E-state index contributed by atoms with van der Waals surface area (Å²) < 4.78 is 7.84. The van der Waals surface area contributed by atoms with E-state index >= 15 is 0 Å². The van der Waals surface area contributed by atoms with Gasteiger partial charge in [0.15, 0.2) is 0 Å². The molecule has 0 saturated heterocycles. The molecule has 4 aromatic carbocycles. The summed E-state index contributed by atoms with van der Waals surface area (Å²) in [4.78, 5) is 6.35. The van der Waals surface area contributed by atoms with Crippen LogP contribution < -0.4 is 0 Å². The summed E-state index contributed by atoms with van der Waals surface area (Å²) in [5, 5.41) is 7.71. The quantitative estimate of drug-likeness (QED) is 0.211. The molecule has 0 amide bonds. The van der Waals surface area contributed by atoms with Crippen molar-refractivity contribution in [2.45, 2.75) is 13.8 Å². The van der Waals surface area contributed by atoms with Crippen molar-refractivity contribution >= 4 is 59.9 Å². The van der Waals surface area contributed by atoms with Gasteiger partial charge in [0, 0.05) is 45.0 Å². The number of imidazole rings is 1. The molecular weight excluding hydrogens is 547 g/mol. The van der Waals surface area contributed by atoms with Crippen LogP contribution in [0, 0.1) is 13.8 Å². The highest BCUT2D eigenvalue weighted by Gasteiger charge is 2.21. The zero-order valence-electron chi connectivity index (χ0n) is 24.0. The summed E-state index contributed by atoms with van der Waals surface area (Å²) in [6.45, 7) is 4.25. The monoisotopic (exact) mass is 573 g/mol. The first-order valence-electron chi connectivity index (χ1n) is 14.5. The minimum atomic E-state index is 0.945. The molecule has 6 heteroatoms. The van der Waals surface area contributed by atoms with E-state index in [0.717, 1.165) is 44.8 Å². The van der Waals surface area contributed by atoms with E-state index in [0.29, 0.717) is 0 Å². The average molecular weight is 574 g/mol. The number of hydrogen-bond acceptors (Lipinski definition) is 3. The second-order valence-electron chi connectivity index (χ2n) is 11.3. The fraction of sp³-hybridized carbons (Fsp3) is 0.0811. The topological polar surface area (TPSA) is 40.0 Å². The van der Waals surface area contributed by atoms with Crippen LogP contribution in [0.3, 0.4) is 0 Å². The highest BCUT2D eigenvalue weighted by atomic mass is 32.1. The van der Waals surface area contributed by atoms with Crippen LogP contribution in [0.2, 0.25) is 0 Å². The molecule has 0 unspecified atom stereocenters. The summed E-state index contributed by atoms with van der Waals surface area (Å²) in [5.41, 5.74) is 12.3. The Morgan fingerprint density at radius 3 is 2.19 bits per heavy atom. The minimum absolute atomic E-state index is 0.945. The van der Waals surface area contributed by atoms with Gasteiger partial charge in [-0.3, -0.25) is 4.57 Å². The number of aromatic nitrogens is 5. The Kier molecular flexibility index (Phi) is 5.05. The number of rotatable bonds is 3. The average Bonchev–Trinajstić information content (AvgIpc) is 3.80. The van der Waals surface area contributed by atoms with E-state index in [4.69, 9.17) is 10.1 Å². The molecule has 5 aromatic heterocycles. The molecule has 0 fully saturated rings. The molecule has 0 radical (unpaired) electrons. The van der Waals surface area contributed by atoms with E-state index in [9.17, 15) is 0 Å². The lowest BCUT2D eigenvalue weighted by atomic mass is 10.0. The summed E-state index contributed by atoms with van der Waals surface area (Å²) in [7, 11) is 2.14. The maximum atomic E-state index is 5.14. The van der Waals surface area contributed by atoms with E-state index in [-0.39, 0.29) is 0 Å². The van der Waals surface area contributed by atoms with Crippen molar-refractivity contribution in [2.24, 2.45) is 7.05 Å². The van der Waals surface area contributed by atoms with E-state index in [2.05, 4.69) is 144 Å². The SMILES string of the molecule is Cc1cc2c(s1)c1c(nc(C)n1-c1ccccc1)c1cc(-c3ccc(-c4ccc5c(c4)c4ccccc4n5C)cc3)nn12. The summed E-state index contributed by atoms with van der Waals surface area (Å²) in [6.07, 6.45) is 0. The zero-order valence-corrected chi connectivity index (χ0v) is 24.9. The number of fused-ring (bicyclic) bond motifs is 9. The first kappa shape index (κ1) is 24.4.